The SMILES string of the molecule is CC1C=C(F)C=CC1C#N. The molecule has 0 spiro atoms. The van der Waals surface area contributed by atoms with Gasteiger partial charge in [0.05, 0.1) is 12.0 Å². The van der Waals surface area contributed by atoms with Crippen LogP contribution in [0.3, 0.4) is 0 Å². The van der Waals surface area contributed by atoms with Crippen molar-refractivity contribution in [3.8, 4) is 6.07 Å². The smallest absolute Gasteiger partial charge is 0.119 e. The van der Waals surface area contributed by atoms with Gasteiger partial charge in [-0.2, -0.15) is 5.26 Å². The summed E-state index contributed by atoms with van der Waals surface area (Å²) in [6.45, 7) is 1.83. The van der Waals surface area contributed by atoms with Gasteiger partial charge in [0.25, 0.3) is 0 Å². The molecule has 1 aliphatic rings. The first-order valence-electron chi connectivity index (χ1n) is 3.19. The van der Waals surface area contributed by atoms with Crippen LogP contribution in [0.2, 0.25) is 0 Å². The number of nitriles is 1. The van der Waals surface area contributed by atoms with Crippen molar-refractivity contribution in [2.24, 2.45) is 11.8 Å². The van der Waals surface area contributed by atoms with Crippen LogP contribution in [0, 0.1) is 23.2 Å². The van der Waals surface area contributed by atoms with Gasteiger partial charge < -0.3 is 0 Å². The summed E-state index contributed by atoms with van der Waals surface area (Å²) in [6, 6.07) is 2.08. The fourth-order valence-electron chi connectivity index (χ4n) is 0.942. The van der Waals surface area contributed by atoms with E-state index in [0.717, 1.165) is 0 Å². The minimum atomic E-state index is -0.237. The van der Waals surface area contributed by atoms with Gasteiger partial charge >= 0.3 is 0 Å². The summed E-state index contributed by atoms with van der Waals surface area (Å²) in [5.74, 6) is -0.381. The third kappa shape index (κ3) is 1.24. The van der Waals surface area contributed by atoms with Crippen LogP contribution in [0.25, 0.3) is 0 Å². The van der Waals surface area contributed by atoms with Crippen molar-refractivity contribution in [2.45, 2.75) is 6.92 Å². The van der Waals surface area contributed by atoms with Gasteiger partial charge in [-0.15, -0.1) is 0 Å². The van der Waals surface area contributed by atoms with Crippen LogP contribution in [0.5, 0.6) is 0 Å². The number of nitrogens with zero attached hydrogens (tertiary/aromatic N) is 1. The van der Waals surface area contributed by atoms with Crippen LogP contribution >= 0.6 is 0 Å². The molecule has 52 valence electrons. The van der Waals surface area contributed by atoms with Gasteiger partial charge in [-0.25, -0.2) is 4.39 Å². The molecule has 0 saturated heterocycles. The van der Waals surface area contributed by atoms with Gasteiger partial charge in [0.15, 0.2) is 0 Å². The number of hydrogen-bond acceptors (Lipinski definition) is 1. The Hall–Kier alpha value is -1.10. The van der Waals surface area contributed by atoms with E-state index >= 15 is 0 Å². The molecule has 0 aromatic carbocycles. The molecule has 2 atom stereocenters. The number of halogens is 1. The van der Waals surface area contributed by atoms with Gasteiger partial charge in [-0.3, -0.25) is 0 Å². The Morgan fingerprint density at radius 1 is 1.70 bits per heavy atom. The van der Waals surface area contributed by atoms with Gasteiger partial charge in [-0.1, -0.05) is 13.0 Å². The molecule has 0 saturated carbocycles. The Morgan fingerprint density at radius 2 is 2.40 bits per heavy atom. The number of hydrogen-bond donors (Lipinski definition) is 0. The molecule has 1 nitrogen and oxygen atoms in total. The van der Waals surface area contributed by atoms with E-state index in [2.05, 4.69) is 6.07 Å². The molecule has 0 radical (unpaired) electrons. The molecule has 1 rings (SSSR count). The van der Waals surface area contributed by atoms with Gasteiger partial charge in [0.1, 0.15) is 5.83 Å². The third-order valence-electron chi connectivity index (χ3n) is 1.60. The van der Waals surface area contributed by atoms with Crippen LogP contribution in [0.1, 0.15) is 6.92 Å². The van der Waals surface area contributed by atoms with E-state index in [9.17, 15) is 4.39 Å². The first kappa shape index (κ1) is 7.01. The first-order chi connectivity index (χ1) is 4.74. The zero-order valence-corrected chi connectivity index (χ0v) is 5.71. The van der Waals surface area contributed by atoms with Gasteiger partial charge in [0, 0.05) is 0 Å². The van der Waals surface area contributed by atoms with E-state index < -0.39 is 0 Å². The number of allylic oxidation sites excluding steroid dienone is 4. The molecule has 10 heavy (non-hydrogen) atoms. The van der Waals surface area contributed by atoms with Crippen molar-refractivity contribution < 1.29 is 4.39 Å². The summed E-state index contributed by atoms with van der Waals surface area (Å²) >= 11 is 0. The van der Waals surface area contributed by atoms with Crippen LogP contribution in [0.15, 0.2) is 24.1 Å². The molecular weight excluding hydrogens is 129 g/mol. The lowest BCUT2D eigenvalue weighted by Crippen LogP contribution is -2.07. The minimum absolute atomic E-state index is 0.00926. The topological polar surface area (TPSA) is 23.8 Å². The fraction of sp³-hybridized carbons (Fsp3) is 0.375. The van der Waals surface area contributed by atoms with Crippen LogP contribution in [-0.4, -0.2) is 0 Å². The zero-order valence-electron chi connectivity index (χ0n) is 5.71. The first-order valence-corrected chi connectivity index (χ1v) is 3.19. The Bertz CT molecular complexity index is 222. The molecule has 0 bridgehead atoms. The van der Waals surface area contributed by atoms with Crippen molar-refractivity contribution in [2.75, 3.05) is 0 Å². The molecule has 0 amide bonds. The molecule has 0 N–H and O–H groups in total. The van der Waals surface area contributed by atoms with Crippen LogP contribution in [0.4, 0.5) is 4.39 Å². The summed E-state index contributed by atoms with van der Waals surface area (Å²) < 4.78 is 12.4. The highest BCUT2D eigenvalue weighted by Gasteiger charge is 2.15. The highest BCUT2D eigenvalue weighted by Crippen LogP contribution is 2.21. The Morgan fingerprint density at radius 3 is 2.90 bits per heavy atom. The lowest BCUT2D eigenvalue weighted by Gasteiger charge is -2.12. The van der Waals surface area contributed by atoms with Crippen molar-refractivity contribution >= 4 is 0 Å². The molecular formula is C8H8FN. The zero-order chi connectivity index (χ0) is 7.56. The lowest BCUT2D eigenvalue weighted by molar-refractivity contribution is 0.564. The number of rotatable bonds is 0. The van der Waals surface area contributed by atoms with Crippen molar-refractivity contribution in [1.29, 1.82) is 5.26 Å². The van der Waals surface area contributed by atoms with Gasteiger partial charge in [-0.05, 0) is 18.1 Å². The van der Waals surface area contributed by atoms with Crippen molar-refractivity contribution in [3.05, 3.63) is 24.1 Å². The average molecular weight is 137 g/mol. The van der Waals surface area contributed by atoms with E-state index in [-0.39, 0.29) is 17.7 Å². The van der Waals surface area contributed by atoms with E-state index in [0.29, 0.717) is 0 Å². The van der Waals surface area contributed by atoms with Gasteiger partial charge in [0.2, 0.25) is 0 Å². The summed E-state index contributed by atoms with van der Waals surface area (Å²) in [4.78, 5) is 0. The predicted octanol–water partition coefficient (Wildman–Crippen LogP) is 2.19. The normalized spacial score (nSPS) is 31.1. The molecule has 2 heteroatoms. The van der Waals surface area contributed by atoms with E-state index in [1.807, 2.05) is 6.92 Å². The van der Waals surface area contributed by atoms with Crippen LogP contribution < -0.4 is 0 Å². The highest BCUT2D eigenvalue weighted by molar-refractivity contribution is 5.23. The van der Waals surface area contributed by atoms with Crippen LogP contribution in [-0.2, 0) is 0 Å². The second-order valence-corrected chi connectivity index (χ2v) is 2.42. The molecule has 0 aromatic rings. The Kier molecular flexibility index (Phi) is 1.86. The van der Waals surface area contributed by atoms with Crippen molar-refractivity contribution in [3.63, 3.8) is 0 Å². The van der Waals surface area contributed by atoms with Crippen molar-refractivity contribution in [1.82, 2.24) is 0 Å². The quantitative estimate of drug-likeness (QED) is 0.502. The standard InChI is InChI=1S/C8H8FN/c1-6-4-8(9)3-2-7(6)5-10/h2-4,6-7H,1H3. The maximum atomic E-state index is 12.4. The molecule has 2 unspecified atom stereocenters. The lowest BCUT2D eigenvalue weighted by atomic mass is 9.91. The minimum Gasteiger partial charge on any atom is -0.207 e. The monoisotopic (exact) mass is 137 g/mol. The largest absolute Gasteiger partial charge is 0.207 e. The maximum Gasteiger partial charge on any atom is 0.119 e. The fourth-order valence-corrected chi connectivity index (χ4v) is 0.942. The average Bonchev–Trinajstić information content (AvgIpc) is 1.88. The van der Waals surface area contributed by atoms with E-state index in [1.54, 1.807) is 6.08 Å². The molecule has 0 heterocycles. The Balaban J connectivity index is 2.76. The third-order valence-corrected chi connectivity index (χ3v) is 1.60. The molecule has 0 fully saturated rings. The highest BCUT2D eigenvalue weighted by atomic mass is 19.1. The van der Waals surface area contributed by atoms with E-state index in [4.69, 9.17) is 5.26 Å². The Labute approximate surface area is 59.5 Å². The second kappa shape index (κ2) is 2.66. The summed E-state index contributed by atoms with van der Waals surface area (Å²) in [5.41, 5.74) is 0. The second-order valence-electron chi connectivity index (χ2n) is 2.42. The maximum absolute atomic E-state index is 12.4. The predicted molar refractivity (Wildman–Crippen MR) is 36.6 cm³/mol. The van der Waals surface area contributed by atoms with E-state index in [1.165, 1.54) is 12.2 Å². The summed E-state index contributed by atoms with van der Waals surface area (Å²) in [5, 5.41) is 8.49. The summed E-state index contributed by atoms with van der Waals surface area (Å²) in [6.07, 6.45) is 4.40. The molecule has 0 aliphatic heterocycles. The molecule has 1 aliphatic carbocycles. The summed E-state index contributed by atoms with van der Waals surface area (Å²) in [7, 11) is 0. The molecule has 0 aromatic heterocycles.